The van der Waals surface area contributed by atoms with Crippen LogP contribution in [-0.2, 0) is 0 Å². The predicted octanol–water partition coefficient (Wildman–Crippen LogP) is 2.06. The van der Waals surface area contributed by atoms with E-state index in [-0.39, 0.29) is 0 Å². The molecule has 1 N–H and O–H groups in total. The van der Waals surface area contributed by atoms with Crippen molar-refractivity contribution < 1.29 is 0 Å². The second-order valence-electron chi connectivity index (χ2n) is 5.33. The van der Waals surface area contributed by atoms with Crippen molar-refractivity contribution in [3.63, 3.8) is 0 Å². The molecule has 0 amide bonds. The van der Waals surface area contributed by atoms with Gasteiger partial charge in [0.1, 0.15) is 0 Å². The Morgan fingerprint density at radius 3 is 2.80 bits per heavy atom. The molecule has 90 valence electrons. The van der Waals surface area contributed by atoms with Crippen LogP contribution in [0.2, 0.25) is 0 Å². The van der Waals surface area contributed by atoms with E-state index in [1.807, 2.05) is 7.05 Å². The van der Waals surface area contributed by atoms with Crippen molar-refractivity contribution in [2.24, 2.45) is 5.41 Å². The minimum Gasteiger partial charge on any atom is -0.319 e. The zero-order chi connectivity index (χ0) is 11.3. The van der Waals surface area contributed by atoms with Gasteiger partial charge in [0.15, 0.2) is 0 Å². The number of thioether (sulfide) groups is 1. The lowest BCUT2D eigenvalue weighted by atomic mass is 9.92. The van der Waals surface area contributed by atoms with E-state index in [9.17, 15) is 0 Å². The molecule has 1 atom stereocenters. The summed E-state index contributed by atoms with van der Waals surface area (Å²) in [6.07, 6.45) is 1.31. The molecule has 1 fully saturated rings. The van der Waals surface area contributed by atoms with Crippen LogP contribution in [0.5, 0.6) is 0 Å². The van der Waals surface area contributed by atoms with Crippen LogP contribution in [0.15, 0.2) is 0 Å². The van der Waals surface area contributed by atoms with Gasteiger partial charge in [0.05, 0.1) is 0 Å². The average Bonchev–Trinajstić information content (AvgIpc) is 2.17. The maximum Gasteiger partial charge on any atom is 0.0172 e. The zero-order valence-electron chi connectivity index (χ0n) is 10.7. The molecule has 1 rings (SSSR count). The number of nitrogens with one attached hydrogen (secondary N) is 1. The summed E-state index contributed by atoms with van der Waals surface area (Å²) in [4.78, 5) is 2.64. The lowest BCUT2D eigenvalue weighted by Crippen LogP contribution is -2.45. The average molecular weight is 230 g/mol. The largest absolute Gasteiger partial charge is 0.319 e. The molecular formula is C12H26N2S. The second kappa shape index (κ2) is 6.12. The Kier molecular flexibility index (Phi) is 5.44. The van der Waals surface area contributed by atoms with E-state index in [0.29, 0.717) is 5.41 Å². The van der Waals surface area contributed by atoms with Gasteiger partial charge in [-0.25, -0.2) is 0 Å². The first-order valence-corrected chi connectivity index (χ1v) is 7.11. The molecule has 0 bridgehead atoms. The predicted molar refractivity (Wildman–Crippen MR) is 70.7 cm³/mol. The minimum atomic E-state index is 0.398. The summed E-state index contributed by atoms with van der Waals surface area (Å²) in [6, 6.07) is 0. The van der Waals surface area contributed by atoms with E-state index in [2.05, 4.69) is 42.7 Å². The number of nitrogens with zero attached hydrogens (tertiary/aromatic N) is 1. The van der Waals surface area contributed by atoms with Crippen LogP contribution in [0, 0.1) is 5.41 Å². The standard InChI is InChI=1S/C12H26N2S/c1-5-11-8-14(6-7-15-11)10-12(2,3)9-13-4/h11,13H,5-10H2,1-4H3. The van der Waals surface area contributed by atoms with Gasteiger partial charge in [-0.2, -0.15) is 11.8 Å². The summed E-state index contributed by atoms with van der Waals surface area (Å²) in [7, 11) is 2.04. The van der Waals surface area contributed by atoms with Gasteiger partial charge < -0.3 is 10.2 Å². The molecule has 0 spiro atoms. The highest BCUT2D eigenvalue weighted by molar-refractivity contribution is 8.00. The molecule has 0 aromatic carbocycles. The summed E-state index contributed by atoms with van der Waals surface area (Å²) in [5.74, 6) is 1.31. The fourth-order valence-corrected chi connectivity index (χ4v) is 3.56. The maximum atomic E-state index is 3.29. The first-order valence-electron chi connectivity index (χ1n) is 6.06. The topological polar surface area (TPSA) is 15.3 Å². The number of hydrogen-bond donors (Lipinski definition) is 1. The molecular weight excluding hydrogens is 204 g/mol. The van der Waals surface area contributed by atoms with Crippen molar-refractivity contribution in [3.05, 3.63) is 0 Å². The molecule has 0 aromatic rings. The molecule has 0 radical (unpaired) electrons. The van der Waals surface area contributed by atoms with Gasteiger partial charge in [-0.3, -0.25) is 0 Å². The summed E-state index contributed by atoms with van der Waals surface area (Å²) in [6.45, 7) is 11.9. The SMILES string of the molecule is CCC1CN(CC(C)(C)CNC)CCS1. The van der Waals surface area contributed by atoms with Gasteiger partial charge >= 0.3 is 0 Å². The van der Waals surface area contributed by atoms with E-state index in [1.165, 1.54) is 31.8 Å². The Hall–Kier alpha value is 0.270. The minimum absolute atomic E-state index is 0.398. The molecule has 15 heavy (non-hydrogen) atoms. The zero-order valence-corrected chi connectivity index (χ0v) is 11.5. The van der Waals surface area contributed by atoms with Crippen molar-refractivity contribution >= 4 is 11.8 Å². The van der Waals surface area contributed by atoms with E-state index >= 15 is 0 Å². The van der Waals surface area contributed by atoms with E-state index < -0.39 is 0 Å². The first kappa shape index (κ1) is 13.3. The summed E-state index contributed by atoms with van der Waals surface area (Å²) in [5, 5.41) is 4.16. The van der Waals surface area contributed by atoms with Gasteiger partial charge in [-0.05, 0) is 18.9 Å². The normalized spacial score (nSPS) is 24.4. The molecule has 1 unspecified atom stereocenters. The van der Waals surface area contributed by atoms with Crippen LogP contribution in [-0.4, -0.2) is 49.1 Å². The van der Waals surface area contributed by atoms with Gasteiger partial charge in [0, 0.05) is 37.2 Å². The Balaban J connectivity index is 2.36. The van der Waals surface area contributed by atoms with Gasteiger partial charge in [-0.1, -0.05) is 20.8 Å². The summed E-state index contributed by atoms with van der Waals surface area (Å²) >= 11 is 2.15. The molecule has 0 aromatic heterocycles. The lowest BCUT2D eigenvalue weighted by Gasteiger charge is -2.37. The highest BCUT2D eigenvalue weighted by Gasteiger charge is 2.25. The van der Waals surface area contributed by atoms with Crippen LogP contribution in [0.1, 0.15) is 27.2 Å². The lowest BCUT2D eigenvalue weighted by molar-refractivity contribution is 0.180. The number of hydrogen-bond acceptors (Lipinski definition) is 3. The molecule has 2 nitrogen and oxygen atoms in total. The molecule has 1 aliphatic heterocycles. The Bertz CT molecular complexity index is 182. The quantitative estimate of drug-likeness (QED) is 0.778. The van der Waals surface area contributed by atoms with Crippen molar-refractivity contribution in [3.8, 4) is 0 Å². The number of rotatable bonds is 5. The Morgan fingerprint density at radius 1 is 1.47 bits per heavy atom. The molecule has 0 saturated carbocycles. The van der Waals surface area contributed by atoms with E-state index in [1.54, 1.807) is 0 Å². The van der Waals surface area contributed by atoms with Crippen molar-refractivity contribution in [2.45, 2.75) is 32.4 Å². The van der Waals surface area contributed by atoms with Crippen LogP contribution >= 0.6 is 11.8 Å². The van der Waals surface area contributed by atoms with Crippen LogP contribution in [0.4, 0.5) is 0 Å². The van der Waals surface area contributed by atoms with E-state index in [0.717, 1.165) is 11.8 Å². The van der Waals surface area contributed by atoms with Gasteiger partial charge in [0.2, 0.25) is 0 Å². The Labute approximate surface area is 99.2 Å². The monoisotopic (exact) mass is 230 g/mol. The third kappa shape index (κ3) is 4.75. The summed E-state index contributed by atoms with van der Waals surface area (Å²) < 4.78 is 0. The van der Waals surface area contributed by atoms with Crippen LogP contribution in [0.25, 0.3) is 0 Å². The van der Waals surface area contributed by atoms with Crippen LogP contribution in [0.3, 0.4) is 0 Å². The highest BCUT2D eigenvalue weighted by atomic mass is 32.2. The maximum absolute atomic E-state index is 3.29. The summed E-state index contributed by atoms with van der Waals surface area (Å²) in [5.41, 5.74) is 0.398. The van der Waals surface area contributed by atoms with Crippen molar-refractivity contribution in [1.29, 1.82) is 0 Å². The third-order valence-electron chi connectivity index (χ3n) is 2.99. The highest BCUT2D eigenvalue weighted by Crippen LogP contribution is 2.24. The van der Waals surface area contributed by atoms with Crippen LogP contribution < -0.4 is 5.32 Å². The van der Waals surface area contributed by atoms with E-state index in [4.69, 9.17) is 0 Å². The molecule has 3 heteroatoms. The van der Waals surface area contributed by atoms with Gasteiger partial charge in [0.25, 0.3) is 0 Å². The smallest absolute Gasteiger partial charge is 0.0172 e. The first-order chi connectivity index (χ1) is 7.07. The molecule has 0 aliphatic carbocycles. The third-order valence-corrected chi connectivity index (χ3v) is 4.36. The molecule has 1 saturated heterocycles. The fourth-order valence-electron chi connectivity index (χ4n) is 2.31. The second-order valence-corrected chi connectivity index (χ2v) is 6.74. The van der Waals surface area contributed by atoms with Crippen molar-refractivity contribution in [2.75, 3.05) is 39.0 Å². The molecule has 1 heterocycles. The van der Waals surface area contributed by atoms with Gasteiger partial charge in [-0.15, -0.1) is 0 Å². The Morgan fingerprint density at radius 2 is 2.20 bits per heavy atom. The fraction of sp³-hybridized carbons (Fsp3) is 1.00. The molecule has 1 aliphatic rings. The van der Waals surface area contributed by atoms with Crippen molar-refractivity contribution in [1.82, 2.24) is 10.2 Å².